The highest BCUT2D eigenvalue weighted by Crippen LogP contribution is 2.29. The van der Waals surface area contributed by atoms with Crippen LogP contribution < -0.4 is 14.8 Å². The lowest BCUT2D eigenvalue weighted by Gasteiger charge is -2.11. The van der Waals surface area contributed by atoms with Crippen LogP contribution in [0.1, 0.15) is 42.4 Å². The van der Waals surface area contributed by atoms with Crippen LogP contribution in [0.4, 0.5) is 5.69 Å². The van der Waals surface area contributed by atoms with Crippen LogP contribution in [0, 0.1) is 13.8 Å². The largest absolute Gasteiger partial charge is 0.497 e. The van der Waals surface area contributed by atoms with Gasteiger partial charge in [-0.05, 0) is 44.4 Å². The Balaban J connectivity index is 1.71. The normalized spacial score (nSPS) is 10.8. The van der Waals surface area contributed by atoms with Crippen molar-refractivity contribution in [3.8, 4) is 16.6 Å². The van der Waals surface area contributed by atoms with Gasteiger partial charge in [0.05, 0.1) is 37.7 Å². The second-order valence-corrected chi connectivity index (χ2v) is 7.91. The van der Waals surface area contributed by atoms with Crippen LogP contribution >= 0.6 is 11.3 Å². The SMILES string of the molecule is CCCCc1c(C)nn(-c2nc(CC(=O)Nc3ccc(OC)cc3OC)cs2)c1C. The van der Waals surface area contributed by atoms with E-state index < -0.39 is 0 Å². The number of aromatic nitrogens is 3. The Kier molecular flexibility index (Phi) is 7.10. The van der Waals surface area contributed by atoms with Gasteiger partial charge in [0, 0.05) is 17.1 Å². The van der Waals surface area contributed by atoms with Crippen molar-refractivity contribution in [3.63, 3.8) is 0 Å². The van der Waals surface area contributed by atoms with E-state index in [9.17, 15) is 4.79 Å². The lowest BCUT2D eigenvalue weighted by Crippen LogP contribution is -2.15. The number of unbranched alkanes of at least 4 members (excludes halogenated alkanes) is 1. The molecule has 160 valence electrons. The molecule has 0 fully saturated rings. The molecule has 0 radical (unpaired) electrons. The summed E-state index contributed by atoms with van der Waals surface area (Å²) in [6.07, 6.45) is 3.50. The van der Waals surface area contributed by atoms with Gasteiger partial charge in [-0.1, -0.05) is 13.3 Å². The molecule has 1 aromatic carbocycles. The molecule has 0 saturated heterocycles. The zero-order valence-electron chi connectivity index (χ0n) is 18.1. The maximum absolute atomic E-state index is 12.5. The van der Waals surface area contributed by atoms with Gasteiger partial charge in [-0.25, -0.2) is 9.67 Å². The summed E-state index contributed by atoms with van der Waals surface area (Å²) in [6.45, 7) is 6.31. The Morgan fingerprint density at radius 3 is 2.73 bits per heavy atom. The number of ether oxygens (including phenoxy) is 2. The van der Waals surface area contributed by atoms with Crippen molar-refractivity contribution in [2.24, 2.45) is 0 Å². The van der Waals surface area contributed by atoms with Gasteiger partial charge in [-0.2, -0.15) is 5.10 Å². The zero-order valence-corrected chi connectivity index (χ0v) is 18.9. The Labute approximate surface area is 181 Å². The Bertz CT molecular complexity index is 1030. The van der Waals surface area contributed by atoms with Gasteiger partial charge in [0.2, 0.25) is 11.0 Å². The van der Waals surface area contributed by atoms with Crippen LogP contribution in [-0.4, -0.2) is 34.9 Å². The molecule has 2 aromatic heterocycles. The smallest absolute Gasteiger partial charge is 0.230 e. The molecular weight excluding hydrogens is 400 g/mol. The fraction of sp³-hybridized carbons (Fsp3) is 0.409. The monoisotopic (exact) mass is 428 g/mol. The predicted molar refractivity (Wildman–Crippen MR) is 119 cm³/mol. The fourth-order valence-electron chi connectivity index (χ4n) is 3.31. The average Bonchev–Trinajstić information content (AvgIpc) is 3.30. The van der Waals surface area contributed by atoms with E-state index in [0.717, 1.165) is 35.8 Å². The average molecular weight is 429 g/mol. The summed E-state index contributed by atoms with van der Waals surface area (Å²) >= 11 is 1.49. The first-order valence-corrected chi connectivity index (χ1v) is 10.9. The molecule has 0 saturated carbocycles. The van der Waals surface area contributed by atoms with Gasteiger partial charge in [-0.3, -0.25) is 4.79 Å². The number of carbonyl (C=O) groups excluding carboxylic acids is 1. The lowest BCUT2D eigenvalue weighted by atomic mass is 10.1. The van der Waals surface area contributed by atoms with Crippen molar-refractivity contribution in [3.05, 3.63) is 46.2 Å². The second kappa shape index (κ2) is 9.75. The molecule has 0 aliphatic rings. The van der Waals surface area contributed by atoms with Crippen molar-refractivity contribution in [2.75, 3.05) is 19.5 Å². The van der Waals surface area contributed by atoms with Crippen LogP contribution in [0.3, 0.4) is 0 Å². The van der Waals surface area contributed by atoms with Gasteiger partial charge in [0.1, 0.15) is 11.5 Å². The maximum atomic E-state index is 12.5. The van der Waals surface area contributed by atoms with E-state index >= 15 is 0 Å². The first-order chi connectivity index (χ1) is 14.5. The summed E-state index contributed by atoms with van der Waals surface area (Å²) in [5.41, 5.74) is 4.76. The third-order valence-electron chi connectivity index (χ3n) is 4.97. The van der Waals surface area contributed by atoms with Crippen LogP contribution in [-0.2, 0) is 17.6 Å². The summed E-state index contributed by atoms with van der Waals surface area (Å²) < 4.78 is 12.4. The van der Waals surface area contributed by atoms with Gasteiger partial charge in [0.25, 0.3) is 0 Å². The predicted octanol–water partition coefficient (Wildman–Crippen LogP) is 4.49. The Morgan fingerprint density at radius 1 is 1.23 bits per heavy atom. The molecule has 0 atom stereocenters. The number of nitrogens with zero attached hydrogens (tertiary/aromatic N) is 3. The summed E-state index contributed by atoms with van der Waals surface area (Å²) in [6, 6.07) is 5.27. The summed E-state index contributed by atoms with van der Waals surface area (Å²) in [5.74, 6) is 1.05. The number of carbonyl (C=O) groups is 1. The van der Waals surface area contributed by atoms with Crippen molar-refractivity contribution in [1.29, 1.82) is 0 Å². The number of nitrogens with one attached hydrogen (secondary N) is 1. The molecule has 0 unspecified atom stereocenters. The molecule has 0 aliphatic carbocycles. The number of hydrogen-bond donors (Lipinski definition) is 1. The Hall–Kier alpha value is -2.87. The molecule has 3 aromatic rings. The van der Waals surface area contributed by atoms with Gasteiger partial charge < -0.3 is 14.8 Å². The number of amides is 1. The third kappa shape index (κ3) is 4.81. The van der Waals surface area contributed by atoms with E-state index in [1.807, 2.05) is 17.0 Å². The molecule has 2 heterocycles. The highest BCUT2D eigenvalue weighted by molar-refractivity contribution is 7.12. The minimum atomic E-state index is -0.160. The fourth-order valence-corrected chi connectivity index (χ4v) is 4.14. The number of rotatable bonds is 9. The number of anilines is 1. The highest BCUT2D eigenvalue weighted by atomic mass is 32.1. The molecule has 1 amide bonds. The van der Waals surface area contributed by atoms with Gasteiger partial charge >= 0.3 is 0 Å². The third-order valence-corrected chi connectivity index (χ3v) is 5.83. The van der Waals surface area contributed by atoms with Crippen LogP contribution in [0.2, 0.25) is 0 Å². The molecule has 1 N–H and O–H groups in total. The minimum absolute atomic E-state index is 0.160. The van der Waals surface area contributed by atoms with Crippen LogP contribution in [0.15, 0.2) is 23.6 Å². The van der Waals surface area contributed by atoms with E-state index in [4.69, 9.17) is 9.47 Å². The topological polar surface area (TPSA) is 78.3 Å². The van der Waals surface area contributed by atoms with E-state index in [-0.39, 0.29) is 12.3 Å². The molecule has 0 aliphatic heterocycles. The number of aryl methyl sites for hydroxylation is 1. The molecular formula is C22H28N4O3S. The maximum Gasteiger partial charge on any atom is 0.230 e. The van der Waals surface area contributed by atoms with E-state index in [0.29, 0.717) is 22.9 Å². The highest BCUT2D eigenvalue weighted by Gasteiger charge is 2.16. The van der Waals surface area contributed by atoms with Crippen molar-refractivity contribution in [2.45, 2.75) is 46.5 Å². The quantitative estimate of drug-likeness (QED) is 0.543. The summed E-state index contributed by atoms with van der Waals surface area (Å²) in [5, 5.41) is 10.2. The van der Waals surface area contributed by atoms with E-state index in [1.165, 1.54) is 16.9 Å². The molecule has 8 heteroatoms. The number of hydrogen-bond acceptors (Lipinski definition) is 6. The van der Waals surface area contributed by atoms with E-state index in [2.05, 4.69) is 29.2 Å². The molecule has 3 rings (SSSR count). The lowest BCUT2D eigenvalue weighted by molar-refractivity contribution is -0.115. The van der Waals surface area contributed by atoms with Crippen LogP contribution in [0.25, 0.3) is 5.13 Å². The number of methoxy groups -OCH3 is 2. The zero-order chi connectivity index (χ0) is 21.7. The van der Waals surface area contributed by atoms with Crippen LogP contribution in [0.5, 0.6) is 11.5 Å². The van der Waals surface area contributed by atoms with Crippen molar-refractivity contribution < 1.29 is 14.3 Å². The van der Waals surface area contributed by atoms with Gasteiger partial charge in [-0.15, -0.1) is 11.3 Å². The number of thiazole rings is 1. The van der Waals surface area contributed by atoms with E-state index in [1.54, 1.807) is 32.4 Å². The first-order valence-electron chi connectivity index (χ1n) is 9.98. The van der Waals surface area contributed by atoms with Gasteiger partial charge in [0.15, 0.2) is 0 Å². The van der Waals surface area contributed by atoms with Crippen molar-refractivity contribution >= 4 is 22.9 Å². The number of benzene rings is 1. The standard InChI is InChI=1S/C22H28N4O3S/c1-6-7-8-18-14(2)25-26(15(18)3)22-23-16(13-30-22)11-21(27)24-19-10-9-17(28-4)12-20(19)29-5/h9-10,12-13H,6-8,11H2,1-5H3,(H,24,27). The molecule has 0 spiro atoms. The second-order valence-electron chi connectivity index (χ2n) is 7.08. The van der Waals surface area contributed by atoms with Crippen molar-refractivity contribution in [1.82, 2.24) is 14.8 Å². The molecule has 0 bridgehead atoms. The summed E-state index contributed by atoms with van der Waals surface area (Å²) in [4.78, 5) is 17.2. The Morgan fingerprint density at radius 2 is 2.03 bits per heavy atom. The summed E-state index contributed by atoms with van der Waals surface area (Å²) in [7, 11) is 3.14. The first kappa shape index (κ1) is 21.8. The molecule has 7 nitrogen and oxygen atoms in total. The molecule has 30 heavy (non-hydrogen) atoms. The minimum Gasteiger partial charge on any atom is -0.497 e.